The van der Waals surface area contributed by atoms with Crippen LogP contribution in [-0.4, -0.2) is 34.9 Å². The summed E-state index contributed by atoms with van der Waals surface area (Å²) in [6.07, 6.45) is 1.72. The minimum Gasteiger partial charge on any atom is -0.484 e. The molecule has 0 spiro atoms. The lowest BCUT2D eigenvalue weighted by Gasteiger charge is -2.13. The first kappa shape index (κ1) is 18.8. The van der Waals surface area contributed by atoms with E-state index in [1.54, 1.807) is 11.3 Å². The zero-order valence-corrected chi connectivity index (χ0v) is 16.1. The van der Waals surface area contributed by atoms with Gasteiger partial charge in [-0.05, 0) is 25.5 Å². The van der Waals surface area contributed by atoms with Crippen molar-refractivity contribution in [3.63, 3.8) is 0 Å². The predicted molar refractivity (Wildman–Crippen MR) is 101 cm³/mol. The number of amides is 2. The number of benzene rings is 1. The lowest BCUT2D eigenvalue weighted by molar-refractivity contribution is -0.122. The average Bonchev–Trinajstić information content (AvgIpc) is 3.28. The molecule has 3 rings (SSSR count). The van der Waals surface area contributed by atoms with Gasteiger partial charge in [0.05, 0.1) is 15.2 Å². The molecule has 0 bridgehead atoms. The Morgan fingerprint density at radius 1 is 1.33 bits per heavy atom. The van der Waals surface area contributed by atoms with Crippen LogP contribution in [0.4, 0.5) is 0 Å². The van der Waals surface area contributed by atoms with E-state index in [9.17, 15) is 9.59 Å². The summed E-state index contributed by atoms with van der Waals surface area (Å²) in [7, 11) is 1.52. The molecular formula is C18H20N4O4S. The van der Waals surface area contributed by atoms with E-state index in [0.29, 0.717) is 12.2 Å². The van der Waals surface area contributed by atoms with Crippen LogP contribution < -0.4 is 15.4 Å². The predicted octanol–water partition coefficient (Wildman–Crippen LogP) is 2.43. The van der Waals surface area contributed by atoms with Gasteiger partial charge in [-0.3, -0.25) is 9.59 Å². The Morgan fingerprint density at radius 3 is 2.89 bits per heavy atom. The Morgan fingerprint density at radius 2 is 2.15 bits per heavy atom. The Labute approximate surface area is 160 Å². The van der Waals surface area contributed by atoms with E-state index >= 15 is 0 Å². The van der Waals surface area contributed by atoms with Crippen molar-refractivity contribution in [3.05, 3.63) is 41.1 Å². The molecule has 0 saturated heterocycles. The van der Waals surface area contributed by atoms with Gasteiger partial charge >= 0.3 is 0 Å². The SMILES string of the molecule is CC[C@H](NC(=O)c1coc(COc2ccc3sc(C)nc3c2)n1)C(=O)NC. The van der Waals surface area contributed by atoms with Gasteiger partial charge in [0.2, 0.25) is 11.8 Å². The van der Waals surface area contributed by atoms with Crippen molar-refractivity contribution >= 4 is 33.4 Å². The van der Waals surface area contributed by atoms with Gasteiger partial charge in [-0.15, -0.1) is 11.3 Å². The van der Waals surface area contributed by atoms with Crippen LogP contribution in [0, 0.1) is 6.92 Å². The second kappa shape index (κ2) is 8.17. The third kappa shape index (κ3) is 4.43. The molecule has 142 valence electrons. The maximum Gasteiger partial charge on any atom is 0.273 e. The molecular weight excluding hydrogens is 368 g/mol. The highest BCUT2D eigenvalue weighted by Gasteiger charge is 2.20. The third-order valence-electron chi connectivity index (χ3n) is 3.89. The first-order chi connectivity index (χ1) is 13.0. The van der Waals surface area contributed by atoms with Crippen molar-refractivity contribution in [2.24, 2.45) is 0 Å². The molecule has 1 aromatic carbocycles. The number of fused-ring (bicyclic) bond motifs is 1. The number of hydrogen-bond donors (Lipinski definition) is 2. The molecule has 0 aliphatic carbocycles. The summed E-state index contributed by atoms with van der Waals surface area (Å²) in [6.45, 7) is 3.84. The highest BCUT2D eigenvalue weighted by atomic mass is 32.1. The van der Waals surface area contributed by atoms with Crippen molar-refractivity contribution in [2.45, 2.75) is 32.9 Å². The van der Waals surface area contributed by atoms with E-state index in [0.717, 1.165) is 15.2 Å². The van der Waals surface area contributed by atoms with Crippen LogP contribution in [0.25, 0.3) is 10.2 Å². The molecule has 2 heterocycles. The largest absolute Gasteiger partial charge is 0.484 e. The van der Waals surface area contributed by atoms with Crippen molar-refractivity contribution in [1.82, 2.24) is 20.6 Å². The number of hydrogen-bond acceptors (Lipinski definition) is 7. The second-order valence-corrected chi connectivity index (χ2v) is 7.06. The monoisotopic (exact) mass is 388 g/mol. The van der Waals surface area contributed by atoms with E-state index in [1.165, 1.54) is 13.3 Å². The molecule has 8 nitrogen and oxygen atoms in total. The summed E-state index contributed by atoms with van der Waals surface area (Å²) in [5.41, 5.74) is 0.976. The van der Waals surface area contributed by atoms with Gasteiger partial charge in [0, 0.05) is 13.1 Å². The number of nitrogens with zero attached hydrogens (tertiary/aromatic N) is 2. The minimum atomic E-state index is -0.618. The van der Waals surface area contributed by atoms with Crippen molar-refractivity contribution in [3.8, 4) is 5.75 Å². The van der Waals surface area contributed by atoms with Crippen LogP contribution in [0.15, 0.2) is 28.9 Å². The van der Waals surface area contributed by atoms with Gasteiger partial charge in [0.25, 0.3) is 5.91 Å². The fourth-order valence-electron chi connectivity index (χ4n) is 2.50. The first-order valence-electron chi connectivity index (χ1n) is 8.47. The molecule has 0 aliphatic heterocycles. The summed E-state index contributed by atoms with van der Waals surface area (Å²) in [5, 5.41) is 6.12. The Hall–Kier alpha value is -2.94. The number of carbonyl (C=O) groups is 2. The minimum absolute atomic E-state index is 0.0779. The number of aromatic nitrogens is 2. The maximum absolute atomic E-state index is 12.2. The molecule has 2 N–H and O–H groups in total. The standard InChI is InChI=1S/C18H20N4O4S/c1-4-12(17(23)19-3)22-18(24)14-8-26-16(21-14)9-25-11-5-6-15-13(7-11)20-10(2)27-15/h5-8,12H,4,9H2,1-3H3,(H,19,23)(H,22,24)/t12-/m0/s1. The molecule has 0 saturated carbocycles. The number of thiazole rings is 1. The number of carbonyl (C=O) groups excluding carboxylic acids is 2. The van der Waals surface area contributed by atoms with Gasteiger partial charge < -0.3 is 19.8 Å². The summed E-state index contributed by atoms with van der Waals surface area (Å²) in [4.78, 5) is 32.4. The fraction of sp³-hybridized carbons (Fsp3) is 0.333. The normalized spacial score (nSPS) is 12.0. The van der Waals surface area contributed by atoms with E-state index in [4.69, 9.17) is 9.15 Å². The molecule has 2 amide bonds. The van der Waals surface area contributed by atoms with Crippen molar-refractivity contribution < 1.29 is 18.7 Å². The van der Waals surface area contributed by atoms with E-state index < -0.39 is 11.9 Å². The van der Waals surface area contributed by atoms with Crippen LogP contribution in [0.5, 0.6) is 5.75 Å². The summed E-state index contributed by atoms with van der Waals surface area (Å²) < 4.78 is 12.1. The van der Waals surface area contributed by atoms with Gasteiger partial charge in [-0.1, -0.05) is 6.92 Å². The molecule has 0 aliphatic rings. The van der Waals surface area contributed by atoms with Crippen LogP contribution in [0.1, 0.15) is 34.7 Å². The Balaban J connectivity index is 1.61. The summed E-state index contributed by atoms with van der Waals surface area (Å²) in [6, 6.07) is 5.04. The number of likely N-dealkylation sites (N-methyl/N-ethyl adjacent to an activating group) is 1. The molecule has 0 unspecified atom stereocenters. The lowest BCUT2D eigenvalue weighted by Crippen LogP contribution is -2.45. The van der Waals surface area contributed by atoms with Gasteiger partial charge in [-0.25, -0.2) is 9.97 Å². The molecule has 0 radical (unpaired) electrons. The molecule has 9 heteroatoms. The molecule has 2 aromatic heterocycles. The van der Waals surface area contributed by atoms with E-state index in [-0.39, 0.29) is 24.1 Å². The van der Waals surface area contributed by atoms with Gasteiger partial charge in [0.1, 0.15) is 18.1 Å². The molecule has 3 aromatic rings. The van der Waals surface area contributed by atoms with Crippen LogP contribution >= 0.6 is 11.3 Å². The molecule has 1 atom stereocenters. The average molecular weight is 388 g/mol. The maximum atomic E-state index is 12.2. The number of aryl methyl sites for hydroxylation is 1. The summed E-state index contributed by atoms with van der Waals surface area (Å²) >= 11 is 1.62. The highest BCUT2D eigenvalue weighted by Crippen LogP contribution is 2.25. The van der Waals surface area contributed by atoms with Crippen LogP contribution in [-0.2, 0) is 11.4 Å². The topological polar surface area (TPSA) is 106 Å². The zero-order valence-electron chi connectivity index (χ0n) is 15.2. The lowest BCUT2D eigenvalue weighted by atomic mass is 10.2. The third-order valence-corrected chi connectivity index (χ3v) is 4.84. The smallest absolute Gasteiger partial charge is 0.273 e. The quantitative estimate of drug-likeness (QED) is 0.644. The van der Waals surface area contributed by atoms with E-state index in [1.807, 2.05) is 32.0 Å². The van der Waals surface area contributed by atoms with Gasteiger partial charge in [-0.2, -0.15) is 0 Å². The number of ether oxygens (including phenoxy) is 1. The molecule has 0 fully saturated rings. The molecule has 27 heavy (non-hydrogen) atoms. The van der Waals surface area contributed by atoms with Crippen LogP contribution in [0.3, 0.4) is 0 Å². The second-order valence-electron chi connectivity index (χ2n) is 5.83. The number of oxazole rings is 1. The zero-order chi connectivity index (χ0) is 19.4. The Kier molecular flexibility index (Phi) is 5.70. The number of rotatable bonds is 7. The van der Waals surface area contributed by atoms with Crippen molar-refractivity contribution in [1.29, 1.82) is 0 Å². The van der Waals surface area contributed by atoms with Crippen LogP contribution in [0.2, 0.25) is 0 Å². The van der Waals surface area contributed by atoms with Gasteiger partial charge in [0.15, 0.2) is 12.3 Å². The van der Waals surface area contributed by atoms with Crippen molar-refractivity contribution in [2.75, 3.05) is 7.05 Å². The summed E-state index contributed by atoms with van der Waals surface area (Å²) in [5.74, 6) is 0.177. The highest BCUT2D eigenvalue weighted by molar-refractivity contribution is 7.18. The van der Waals surface area contributed by atoms with E-state index in [2.05, 4.69) is 20.6 Å². The number of nitrogens with one attached hydrogen (secondary N) is 2. The first-order valence-corrected chi connectivity index (χ1v) is 9.28. The fourth-order valence-corrected chi connectivity index (χ4v) is 3.31. The Bertz CT molecular complexity index is 965.